The lowest BCUT2D eigenvalue weighted by molar-refractivity contribution is -0.598. The predicted molar refractivity (Wildman–Crippen MR) is 114 cm³/mol. The molecule has 4 aromatic rings. The molecule has 3 aromatic carbocycles. The van der Waals surface area contributed by atoms with E-state index in [2.05, 4.69) is 67.1 Å². The fraction of sp³-hybridized carbons (Fsp3) is 0.111. The molecule has 0 saturated carbocycles. The van der Waals surface area contributed by atoms with Crippen molar-refractivity contribution in [1.29, 1.82) is 0 Å². The van der Waals surface area contributed by atoms with Gasteiger partial charge in [0, 0.05) is 17.2 Å². The fourth-order valence-electron chi connectivity index (χ4n) is 5.15. The van der Waals surface area contributed by atoms with E-state index in [1.807, 2.05) is 36.4 Å². The largest absolute Gasteiger partial charge is 0.289 e. The topological polar surface area (TPSA) is 20.9 Å². The molecule has 1 aliphatic carbocycles. The molecular weight excluding hydrogens is 354 g/mol. The van der Waals surface area contributed by atoms with Crippen LogP contribution in [0.5, 0.6) is 0 Å². The molecule has 6 rings (SSSR count). The average Bonchev–Trinajstić information content (AvgIpc) is 3.17. The highest BCUT2D eigenvalue weighted by atomic mass is 16.1. The highest BCUT2D eigenvalue weighted by Crippen LogP contribution is 2.48. The molecule has 0 saturated heterocycles. The Morgan fingerprint density at radius 1 is 0.690 bits per heavy atom. The van der Waals surface area contributed by atoms with E-state index in [1.165, 1.54) is 16.9 Å². The van der Waals surface area contributed by atoms with Gasteiger partial charge in [0.1, 0.15) is 0 Å². The second-order valence-electron chi connectivity index (χ2n) is 8.39. The molecule has 0 unspecified atom stereocenters. The molecule has 29 heavy (non-hydrogen) atoms. The van der Waals surface area contributed by atoms with Crippen LogP contribution in [-0.2, 0) is 5.41 Å². The number of benzene rings is 3. The summed E-state index contributed by atoms with van der Waals surface area (Å²) in [5.41, 5.74) is 9.32. The summed E-state index contributed by atoms with van der Waals surface area (Å²) < 4.78 is 2.31. The van der Waals surface area contributed by atoms with Crippen LogP contribution in [0.1, 0.15) is 41.0 Å². The third kappa shape index (κ3) is 2.01. The Kier molecular flexibility index (Phi) is 3.12. The standard InChI is InChI=1S/C27H20NO/c1-27(2)21-14-8-9-15-22(21)28-16-20-18-12-6-7-13-19(18)25(29)24(20)23(26(27)28)17-10-4-3-5-11-17/h3-16H,1-2H3/q+1. The molecular formula is C27H20NO+. The third-order valence-corrected chi connectivity index (χ3v) is 6.44. The van der Waals surface area contributed by atoms with Crippen LogP contribution in [0.2, 0.25) is 0 Å². The number of ketones is 1. The van der Waals surface area contributed by atoms with Crippen molar-refractivity contribution >= 4 is 5.78 Å². The van der Waals surface area contributed by atoms with Crippen LogP contribution in [0.3, 0.4) is 0 Å². The summed E-state index contributed by atoms with van der Waals surface area (Å²) >= 11 is 0. The third-order valence-electron chi connectivity index (χ3n) is 6.44. The van der Waals surface area contributed by atoms with Crippen molar-refractivity contribution in [2.24, 2.45) is 0 Å². The van der Waals surface area contributed by atoms with Crippen LogP contribution in [0, 0.1) is 0 Å². The van der Waals surface area contributed by atoms with Crippen LogP contribution >= 0.6 is 0 Å². The van der Waals surface area contributed by atoms with E-state index in [0.29, 0.717) is 0 Å². The summed E-state index contributed by atoms with van der Waals surface area (Å²) in [7, 11) is 0. The smallest absolute Gasteiger partial charge is 0.215 e. The molecule has 2 heterocycles. The number of carbonyl (C=O) groups excluding carboxylic acids is 1. The first-order valence-corrected chi connectivity index (χ1v) is 10.0. The molecule has 0 amide bonds. The first kappa shape index (κ1) is 16.4. The number of nitrogens with zero attached hydrogens (tertiary/aromatic N) is 1. The van der Waals surface area contributed by atoms with Crippen molar-refractivity contribution < 1.29 is 9.36 Å². The average molecular weight is 374 g/mol. The van der Waals surface area contributed by atoms with Gasteiger partial charge in [-0.05, 0) is 25.0 Å². The van der Waals surface area contributed by atoms with E-state index in [1.54, 1.807) is 0 Å². The van der Waals surface area contributed by atoms with Crippen molar-refractivity contribution in [2.75, 3.05) is 0 Å². The summed E-state index contributed by atoms with van der Waals surface area (Å²) in [6, 6.07) is 26.9. The van der Waals surface area contributed by atoms with E-state index in [9.17, 15) is 4.79 Å². The minimum Gasteiger partial charge on any atom is -0.289 e. The maximum Gasteiger partial charge on any atom is 0.215 e. The van der Waals surface area contributed by atoms with Crippen LogP contribution in [0.15, 0.2) is 85.1 Å². The van der Waals surface area contributed by atoms with Crippen molar-refractivity contribution in [2.45, 2.75) is 19.3 Å². The van der Waals surface area contributed by atoms with Gasteiger partial charge in [0.25, 0.3) is 0 Å². The first-order chi connectivity index (χ1) is 14.1. The van der Waals surface area contributed by atoms with E-state index in [0.717, 1.165) is 33.4 Å². The Bertz CT molecular complexity index is 1330. The van der Waals surface area contributed by atoms with Gasteiger partial charge in [-0.1, -0.05) is 72.8 Å². The molecule has 0 bridgehead atoms. The van der Waals surface area contributed by atoms with Crippen LogP contribution < -0.4 is 4.57 Å². The number of fused-ring (bicyclic) bond motifs is 6. The molecule has 0 N–H and O–H groups in total. The van der Waals surface area contributed by atoms with Crippen LogP contribution in [0.4, 0.5) is 0 Å². The summed E-state index contributed by atoms with van der Waals surface area (Å²) in [5.74, 6) is 0.129. The number of rotatable bonds is 1. The Morgan fingerprint density at radius 2 is 1.34 bits per heavy atom. The molecule has 0 spiro atoms. The van der Waals surface area contributed by atoms with Gasteiger partial charge in [0.05, 0.1) is 22.1 Å². The Labute approximate surface area is 170 Å². The fourth-order valence-corrected chi connectivity index (χ4v) is 5.15. The summed E-state index contributed by atoms with van der Waals surface area (Å²) in [5, 5.41) is 0. The zero-order chi connectivity index (χ0) is 19.8. The summed E-state index contributed by atoms with van der Waals surface area (Å²) in [6.07, 6.45) is 2.18. The number of aromatic nitrogens is 1. The zero-order valence-electron chi connectivity index (χ0n) is 16.4. The molecule has 0 fully saturated rings. The monoisotopic (exact) mass is 374 g/mol. The van der Waals surface area contributed by atoms with Crippen LogP contribution in [-0.4, -0.2) is 5.78 Å². The first-order valence-electron chi connectivity index (χ1n) is 10.0. The second kappa shape index (κ2) is 5.51. The molecule has 138 valence electrons. The normalized spacial score (nSPS) is 14.9. The molecule has 0 atom stereocenters. The number of carbonyl (C=O) groups is 1. The van der Waals surface area contributed by atoms with Gasteiger partial charge in [0.2, 0.25) is 11.4 Å². The van der Waals surface area contributed by atoms with Crippen molar-refractivity contribution in [3.63, 3.8) is 0 Å². The lowest BCUT2D eigenvalue weighted by atomic mass is 9.78. The van der Waals surface area contributed by atoms with Gasteiger partial charge >= 0.3 is 0 Å². The highest BCUT2D eigenvalue weighted by molar-refractivity contribution is 6.24. The Balaban J connectivity index is 1.81. The van der Waals surface area contributed by atoms with Gasteiger partial charge in [-0.3, -0.25) is 4.79 Å². The van der Waals surface area contributed by atoms with Crippen LogP contribution in [0.25, 0.3) is 27.9 Å². The van der Waals surface area contributed by atoms with Gasteiger partial charge in [-0.25, -0.2) is 0 Å². The highest BCUT2D eigenvalue weighted by Gasteiger charge is 2.49. The summed E-state index contributed by atoms with van der Waals surface area (Å²) in [6.45, 7) is 4.52. The number of para-hydroxylation sites is 1. The SMILES string of the molecule is CC1(C)c2ccccc2-[n+]2cc3c(c(-c4ccccc4)c21)C(=O)c1ccccc1-3. The summed E-state index contributed by atoms with van der Waals surface area (Å²) in [4.78, 5) is 13.6. The number of pyridine rings is 1. The Morgan fingerprint density at radius 3 is 2.14 bits per heavy atom. The molecule has 1 aromatic heterocycles. The zero-order valence-corrected chi connectivity index (χ0v) is 16.4. The molecule has 2 aliphatic rings. The lowest BCUT2D eigenvalue weighted by Crippen LogP contribution is -2.36. The minimum absolute atomic E-state index is 0.129. The molecule has 2 heteroatoms. The van der Waals surface area contributed by atoms with Gasteiger partial charge < -0.3 is 0 Å². The minimum atomic E-state index is -0.203. The lowest BCUT2D eigenvalue weighted by Gasteiger charge is -2.19. The van der Waals surface area contributed by atoms with Gasteiger partial charge in [-0.2, -0.15) is 4.57 Å². The maximum absolute atomic E-state index is 13.6. The predicted octanol–water partition coefficient (Wildman–Crippen LogP) is 5.48. The molecule has 0 radical (unpaired) electrons. The van der Waals surface area contributed by atoms with Gasteiger partial charge in [-0.15, -0.1) is 0 Å². The van der Waals surface area contributed by atoms with Gasteiger partial charge in [0.15, 0.2) is 12.0 Å². The molecule has 2 nitrogen and oxygen atoms in total. The van der Waals surface area contributed by atoms with Crippen molar-refractivity contribution in [3.8, 4) is 27.9 Å². The number of hydrogen-bond acceptors (Lipinski definition) is 1. The number of hydrogen-bond donors (Lipinski definition) is 0. The Hall–Kier alpha value is -3.52. The van der Waals surface area contributed by atoms with Crippen molar-refractivity contribution in [1.82, 2.24) is 0 Å². The molecule has 1 aliphatic heterocycles. The van der Waals surface area contributed by atoms with E-state index in [-0.39, 0.29) is 11.2 Å². The van der Waals surface area contributed by atoms with E-state index < -0.39 is 0 Å². The van der Waals surface area contributed by atoms with E-state index >= 15 is 0 Å². The van der Waals surface area contributed by atoms with E-state index in [4.69, 9.17) is 0 Å². The van der Waals surface area contributed by atoms with Crippen molar-refractivity contribution in [3.05, 3.63) is 107 Å². The maximum atomic E-state index is 13.6. The second-order valence-corrected chi connectivity index (χ2v) is 8.39. The quantitative estimate of drug-likeness (QED) is 0.356.